The van der Waals surface area contributed by atoms with Crippen molar-refractivity contribution in [1.82, 2.24) is 10.3 Å². The molecule has 112 valence electrons. The largest absolute Gasteiger partial charge is 0.492 e. The Morgan fingerprint density at radius 2 is 2.19 bits per heavy atom. The van der Waals surface area contributed by atoms with Gasteiger partial charge in [-0.15, -0.1) is 11.8 Å². The maximum Gasteiger partial charge on any atom is 0.230 e. The Hall–Kier alpha value is -1.73. The Labute approximate surface area is 131 Å². The maximum absolute atomic E-state index is 11.7. The minimum Gasteiger partial charge on any atom is -0.492 e. The Morgan fingerprint density at radius 1 is 1.43 bits per heavy atom. The number of carbonyl (C=O) groups is 1. The number of para-hydroxylation sites is 1. The number of hydrogen-bond donors (Lipinski definition) is 2. The number of amides is 1. The van der Waals surface area contributed by atoms with E-state index in [0.29, 0.717) is 24.0 Å². The first kappa shape index (κ1) is 15.7. The van der Waals surface area contributed by atoms with Gasteiger partial charge in [0.1, 0.15) is 12.4 Å². The highest BCUT2D eigenvalue weighted by Crippen LogP contribution is 2.30. The molecule has 2 aromatic rings. The molecule has 0 spiro atoms. The van der Waals surface area contributed by atoms with E-state index in [-0.39, 0.29) is 5.91 Å². The van der Waals surface area contributed by atoms with Crippen LogP contribution in [-0.4, -0.2) is 29.8 Å². The van der Waals surface area contributed by atoms with Gasteiger partial charge in [0.25, 0.3) is 0 Å². The van der Waals surface area contributed by atoms with Crippen molar-refractivity contribution in [2.75, 3.05) is 24.6 Å². The zero-order valence-corrected chi connectivity index (χ0v) is 13.3. The van der Waals surface area contributed by atoms with Crippen LogP contribution in [0.25, 0.3) is 0 Å². The third kappa shape index (κ3) is 5.28. The number of anilines is 1. The summed E-state index contributed by atoms with van der Waals surface area (Å²) in [5.41, 5.74) is 6.49. The van der Waals surface area contributed by atoms with E-state index in [2.05, 4.69) is 10.3 Å². The number of nitrogens with one attached hydrogen (secondary N) is 1. The van der Waals surface area contributed by atoms with Gasteiger partial charge in [-0.05, 0) is 19.1 Å². The summed E-state index contributed by atoms with van der Waals surface area (Å²) in [5.74, 6) is 1.13. The second-order valence-electron chi connectivity index (χ2n) is 4.23. The molecule has 0 unspecified atom stereocenters. The number of nitrogens with zero attached hydrogens (tertiary/aromatic N) is 1. The van der Waals surface area contributed by atoms with Gasteiger partial charge in [-0.3, -0.25) is 4.79 Å². The number of nitrogen functional groups attached to an aromatic ring is 1. The van der Waals surface area contributed by atoms with Crippen molar-refractivity contribution in [2.24, 2.45) is 0 Å². The van der Waals surface area contributed by atoms with E-state index < -0.39 is 0 Å². The van der Waals surface area contributed by atoms with Crippen LogP contribution in [0.5, 0.6) is 5.75 Å². The zero-order chi connectivity index (χ0) is 15.1. The van der Waals surface area contributed by atoms with Crippen LogP contribution in [0.1, 0.15) is 5.69 Å². The van der Waals surface area contributed by atoms with Gasteiger partial charge in [-0.25, -0.2) is 4.98 Å². The minimum atomic E-state index is -0.0250. The lowest BCUT2D eigenvalue weighted by atomic mass is 10.3. The van der Waals surface area contributed by atoms with Gasteiger partial charge >= 0.3 is 0 Å². The summed E-state index contributed by atoms with van der Waals surface area (Å²) in [4.78, 5) is 15.8. The number of rotatable bonds is 7. The molecule has 5 nitrogen and oxygen atoms in total. The van der Waals surface area contributed by atoms with E-state index in [1.54, 1.807) is 0 Å². The van der Waals surface area contributed by atoms with Crippen LogP contribution >= 0.6 is 23.1 Å². The first-order chi connectivity index (χ1) is 10.1. The van der Waals surface area contributed by atoms with Crippen LogP contribution in [0.2, 0.25) is 0 Å². The first-order valence-electron chi connectivity index (χ1n) is 6.45. The molecule has 0 atom stereocenters. The van der Waals surface area contributed by atoms with E-state index in [0.717, 1.165) is 15.7 Å². The van der Waals surface area contributed by atoms with E-state index in [4.69, 9.17) is 10.5 Å². The van der Waals surface area contributed by atoms with Gasteiger partial charge < -0.3 is 15.8 Å². The third-order valence-electron chi connectivity index (χ3n) is 2.54. The summed E-state index contributed by atoms with van der Waals surface area (Å²) in [5, 5.41) is 3.35. The zero-order valence-electron chi connectivity index (χ0n) is 11.7. The van der Waals surface area contributed by atoms with Crippen molar-refractivity contribution in [1.29, 1.82) is 0 Å². The van der Waals surface area contributed by atoms with Crippen molar-refractivity contribution < 1.29 is 9.53 Å². The van der Waals surface area contributed by atoms with Gasteiger partial charge in [0, 0.05) is 0 Å². The molecule has 2 rings (SSSR count). The molecule has 0 fully saturated rings. The molecular weight excluding hydrogens is 306 g/mol. The van der Waals surface area contributed by atoms with Crippen LogP contribution in [-0.2, 0) is 4.79 Å². The lowest BCUT2D eigenvalue weighted by molar-refractivity contribution is -0.118. The molecule has 0 radical (unpaired) electrons. The van der Waals surface area contributed by atoms with Crippen molar-refractivity contribution in [3.8, 4) is 5.75 Å². The van der Waals surface area contributed by atoms with Crippen molar-refractivity contribution in [3.05, 3.63) is 36.0 Å². The summed E-state index contributed by atoms with van der Waals surface area (Å²) in [6.07, 6.45) is 0. The number of thiazole rings is 1. The highest BCUT2D eigenvalue weighted by molar-refractivity contribution is 8.01. The molecule has 1 aromatic carbocycles. The van der Waals surface area contributed by atoms with Gasteiger partial charge in [0.05, 0.1) is 22.2 Å². The lowest BCUT2D eigenvalue weighted by Gasteiger charge is -2.07. The van der Waals surface area contributed by atoms with E-state index in [1.807, 2.05) is 37.3 Å². The standard InChI is InChI=1S/C14H17N3O2S2/c1-10-13(21-14(15)17-10)20-9-12(18)16-7-8-19-11-5-3-2-4-6-11/h2-6H,7-9H2,1H3,(H2,15,17)(H,16,18). The monoisotopic (exact) mass is 323 g/mol. The Kier molecular flexibility index (Phi) is 5.89. The van der Waals surface area contributed by atoms with Crippen LogP contribution < -0.4 is 15.8 Å². The average Bonchev–Trinajstić information content (AvgIpc) is 2.80. The Bertz CT molecular complexity index is 587. The molecule has 1 aromatic heterocycles. The molecule has 0 aliphatic heterocycles. The number of thioether (sulfide) groups is 1. The van der Waals surface area contributed by atoms with Gasteiger partial charge in [0.2, 0.25) is 5.91 Å². The average molecular weight is 323 g/mol. The van der Waals surface area contributed by atoms with E-state index in [1.165, 1.54) is 23.1 Å². The Balaban J connectivity index is 1.63. The molecule has 7 heteroatoms. The highest BCUT2D eigenvalue weighted by Gasteiger charge is 2.08. The summed E-state index contributed by atoms with van der Waals surface area (Å²) in [6.45, 7) is 2.83. The normalized spacial score (nSPS) is 10.3. The lowest BCUT2D eigenvalue weighted by Crippen LogP contribution is -2.29. The van der Waals surface area contributed by atoms with Crippen LogP contribution in [0.4, 0.5) is 5.13 Å². The molecule has 3 N–H and O–H groups in total. The fourth-order valence-corrected chi connectivity index (χ4v) is 3.45. The summed E-state index contributed by atoms with van der Waals surface area (Å²) >= 11 is 2.86. The summed E-state index contributed by atoms with van der Waals surface area (Å²) in [6, 6.07) is 9.52. The first-order valence-corrected chi connectivity index (χ1v) is 8.25. The molecule has 21 heavy (non-hydrogen) atoms. The molecule has 0 bridgehead atoms. The summed E-state index contributed by atoms with van der Waals surface area (Å²) < 4.78 is 6.48. The number of aromatic nitrogens is 1. The molecule has 0 aliphatic rings. The number of benzene rings is 1. The maximum atomic E-state index is 11.7. The predicted molar refractivity (Wildman–Crippen MR) is 86.9 cm³/mol. The van der Waals surface area contributed by atoms with Crippen molar-refractivity contribution in [2.45, 2.75) is 11.1 Å². The number of nitrogens with two attached hydrogens (primary N) is 1. The number of hydrogen-bond acceptors (Lipinski definition) is 6. The molecule has 0 saturated carbocycles. The van der Waals surface area contributed by atoms with Gasteiger partial charge in [-0.1, -0.05) is 29.5 Å². The number of ether oxygens (including phenoxy) is 1. The van der Waals surface area contributed by atoms with E-state index in [9.17, 15) is 4.79 Å². The van der Waals surface area contributed by atoms with Crippen molar-refractivity contribution in [3.63, 3.8) is 0 Å². The quantitative estimate of drug-likeness (QED) is 0.604. The number of aryl methyl sites for hydroxylation is 1. The topological polar surface area (TPSA) is 77.2 Å². The van der Waals surface area contributed by atoms with E-state index >= 15 is 0 Å². The van der Waals surface area contributed by atoms with Crippen LogP contribution in [0, 0.1) is 6.92 Å². The molecule has 0 saturated heterocycles. The molecular formula is C14H17N3O2S2. The molecule has 1 heterocycles. The van der Waals surface area contributed by atoms with Gasteiger partial charge in [0.15, 0.2) is 5.13 Å². The smallest absolute Gasteiger partial charge is 0.230 e. The fourth-order valence-electron chi connectivity index (χ4n) is 1.59. The minimum absolute atomic E-state index is 0.0250. The van der Waals surface area contributed by atoms with Crippen molar-refractivity contribution >= 4 is 34.1 Å². The van der Waals surface area contributed by atoms with Gasteiger partial charge in [-0.2, -0.15) is 0 Å². The predicted octanol–water partition coefficient (Wildman–Crippen LogP) is 2.32. The highest BCUT2D eigenvalue weighted by atomic mass is 32.2. The third-order valence-corrected chi connectivity index (χ3v) is 4.89. The molecule has 1 amide bonds. The summed E-state index contributed by atoms with van der Waals surface area (Å²) in [7, 11) is 0. The Morgan fingerprint density at radius 3 is 2.86 bits per heavy atom. The second-order valence-corrected chi connectivity index (χ2v) is 6.50. The van der Waals surface area contributed by atoms with Crippen LogP contribution in [0.3, 0.4) is 0 Å². The fraction of sp³-hybridized carbons (Fsp3) is 0.286. The SMILES string of the molecule is Cc1nc(N)sc1SCC(=O)NCCOc1ccccc1. The number of carbonyl (C=O) groups excluding carboxylic acids is 1. The molecule has 0 aliphatic carbocycles. The van der Waals surface area contributed by atoms with Crippen LogP contribution in [0.15, 0.2) is 34.5 Å². The second kappa shape index (κ2) is 7.90.